The third-order valence-corrected chi connectivity index (χ3v) is 3.76. The summed E-state index contributed by atoms with van der Waals surface area (Å²) in [6, 6.07) is 4.01. The van der Waals surface area contributed by atoms with E-state index >= 15 is 0 Å². The zero-order valence-electron chi connectivity index (χ0n) is 11.8. The molecular weight excluding hydrogens is 322 g/mol. The Bertz CT molecular complexity index is 598. The molecule has 2 rings (SSSR count). The molecule has 7 heteroatoms. The number of anilines is 1. The molecule has 1 aromatic heterocycles. The highest BCUT2D eigenvalue weighted by Crippen LogP contribution is 2.30. The summed E-state index contributed by atoms with van der Waals surface area (Å²) in [7, 11) is 1.69. The van der Waals surface area contributed by atoms with Gasteiger partial charge in [0.1, 0.15) is 0 Å². The van der Waals surface area contributed by atoms with Crippen LogP contribution in [0.2, 0.25) is 0 Å². The summed E-state index contributed by atoms with van der Waals surface area (Å²) in [5.74, 6) is 0.721. The molecule has 1 atom stereocenters. The highest BCUT2D eigenvalue weighted by atomic mass is 79.9. The van der Waals surface area contributed by atoms with Gasteiger partial charge < -0.3 is 10.5 Å². The Morgan fingerprint density at radius 3 is 2.90 bits per heavy atom. The van der Waals surface area contributed by atoms with Crippen molar-refractivity contribution in [3.8, 4) is 11.4 Å². The van der Waals surface area contributed by atoms with Crippen molar-refractivity contribution in [1.82, 2.24) is 20.2 Å². The summed E-state index contributed by atoms with van der Waals surface area (Å²) in [5, 5.41) is 12.0. The van der Waals surface area contributed by atoms with Crippen LogP contribution < -0.4 is 5.73 Å². The lowest BCUT2D eigenvalue weighted by molar-refractivity contribution is 0.178. The molecule has 0 aliphatic carbocycles. The Labute approximate surface area is 126 Å². The first-order valence-electron chi connectivity index (χ1n) is 6.37. The van der Waals surface area contributed by atoms with Gasteiger partial charge in [-0.1, -0.05) is 15.9 Å². The van der Waals surface area contributed by atoms with E-state index in [1.807, 2.05) is 23.7 Å². The summed E-state index contributed by atoms with van der Waals surface area (Å²) < 4.78 is 7.83. The van der Waals surface area contributed by atoms with Crippen molar-refractivity contribution in [2.24, 2.45) is 0 Å². The maximum atomic E-state index is 6.01. The molecule has 0 fully saturated rings. The minimum absolute atomic E-state index is 0.152. The summed E-state index contributed by atoms with van der Waals surface area (Å²) in [6.45, 7) is 4.70. The zero-order valence-corrected chi connectivity index (χ0v) is 13.4. The van der Waals surface area contributed by atoms with Crippen molar-refractivity contribution in [2.45, 2.75) is 26.3 Å². The number of rotatable bonds is 5. The van der Waals surface area contributed by atoms with Gasteiger partial charge in [0, 0.05) is 29.4 Å². The average molecular weight is 340 g/mol. The SMILES string of the molecule is COCCC(C)n1nnnc1-c1cc(Br)cc(N)c1C. The molecule has 2 N–H and O–H groups in total. The van der Waals surface area contributed by atoms with Crippen LogP contribution in [0.4, 0.5) is 5.69 Å². The maximum Gasteiger partial charge on any atom is 0.182 e. The average Bonchev–Trinajstić information content (AvgIpc) is 2.89. The van der Waals surface area contributed by atoms with Crippen LogP contribution in [-0.4, -0.2) is 33.9 Å². The second-order valence-electron chi connectivity index (χ2n) is 4.75. The van der Waals surface area contributed by atoms with Crippen LogP contribution in [-0.2, 0) is 4.74 Å². The molecule has 108 valence electrons. The Balaban J connectivity index is 2.42. The number of nitrogens with zero attached hydrogens (tertiary/aromatic N) is 4. The fourth-order valence-electron chi connectivity index (χ4n) is 2.01. The number of halogens is 1. The van der Waals surface area contributed by atoms with E-state index in [4.69, 9.17) is 10.5 Å². The van der Waals surface area contributed by atoms with Gasteiger partial charge in [-0.25, -0.2) is 4.68 Å². The molecule has 1 unspecified atom stereocenters. The molecule has 0 saturated heterocycles. The van der Waals surface area contributed by atoms with Gasteiger partial charge in [0.15, 0.2) is 5.82 Å². The van der Waals surface area contributed by atoms with Gasteiger partial charge in [-0.3, -0.25) is 0 Å². The van der Waals surface area contributed by atoms with Gasteiger partial charge in [0.2, 0.25) is 0 Å². The van der Waals surface area contributed by atoms with E-state index in [1.54, 1.807) is 7.11 Å². The lowest BCUT2D eigenvalue weighted by Gasteiger charge is -2.15. The maximum absolute atomic E-state index is 6.01. The van der Waals surface area contributed by atoms with E-state index in [0.29, 0.717) is 12.3 Å². The Hall–Kier alpha value is -1.47. The molecular formula is C13H18BrN5O. The highest BCUT2D eigenvalue weighted by Gasteiger charge is 2.17. The molecule has 0 aliphatic rings. The normalized spacial score (nSPS) is 12.6. The number of aromatic nitrogens is 4. The van der Waals surface area contributed by atoms with Crippen LogP contribution in [0.25, 0.3) is 11.4 Å². The quantitative estimate of drug-likeness (QED) is 0.847. The molecule has 0 amide bonds. The van der Waals surface area contributed by atoms with Crippen molar-refractivity contribution < 1.29 is 4.74 Å². The number of tetrazole rings is 1. The number of nitrogen functional groups attached to an aromatic ring is 1. The van der Waals surface area contributed by atoms with E-state index < -0.39 is 0 Å². The molecule has 1 heterocycles. The third-order valence-electron chi connectivity index (χ3n) is 3.30. The Morgan fingerprint density at radius 2 is 2.20 bits per heavy atom. The minimum Gasteiger partial charge on any atom is -0.398 e. The summed E-state index contributed by atoms with van der Waals surface area (Å²) in [4.78, 5) is 0. The van der Waals surface area contributed by atoms with Crippen molar-refractivity contribution in [2.75, 3.05) is 19.5 Å². The number of hydrogen-bond acceptors (Lipinski definition) is 5. The van der Waals surface area contributed by atoms with Crippen molar-refractivity contribution in [1.29, 1.82) is 0 Å². The first-order valence-corrected chi connectivity index (χ1v) is 7.16. The minimum atomic E-state index is 0.152. The smallest absolute Gasteiger partial charge is 0.182 e. The van der Waals surface area contributed by atoms with Crippen LogP contribution in [0.3, 0.4) is 0 Å². The van der Waals surface area contributed by atoms with E-state index in [-0.39, 0.29) is 6.04 Å². The largest absolute Gasteiger partial charge is 0.398 e. The molecule has 0 aliphatic heterocycles. The fourth-order valence-corrected chi connectivity index (χ4v) is 2.49. The predicted molar refractivity (Wildman–Crippen MR) is 81.3 cm³/mol. The summed E-state index contributed by atoms with van der Waals surface area (Å²) in [6.07, 6.45) is 0.844. The Kier molecular flexibility index (Phi) is 4.72. The number of hydrogen-bond donors (Lipinski definition) is 1. The van der Waals surface area contributed by atoms with E-state index in [0.717, 1.165) is 27.8 Å². The molecule has 20 heavy (non-hydrogen) atoms. The molecule has 2 aromatic rings. The lowest BCUT2D eigenvalue weighted by Crippen LogP contribution is -2.12. The molecule has 0 bridgehead atoms. The second kappa shape index (κ2) is 6.32. The molecule has 0 saturated carbocycles. The predicted octanol–water partition coefficient (Wildman–Crippen LogP) is 2.59. The highest BCUT2D eigenvalue weighted by molar-refractivity contribution is 9.10. The summed E-state index contributed by atoms with van der Waals surface area (Å²) in [5.41, 5.74) is 8.63. The molecule has 6 nitrogen and oxygen atoms in total. The van der Waals surface area contributed by atoms with Gasteiger partial charge in [-0.15, -0.1) is 5.10 Å². The van der Waals surface area contributed by atoms with E-state index in [1.165, 1.54) is 0 Å². The van der Waals surface area contributed by atoms with Gasteiger partial charge in [0.25, 0.3) is 0 Å². The monoisotopic (exact) mass is 339 g/mol. The number of nitrogens with two attached hydrogens (primary N) is 1. The second-order valence-corrected chi connectivity index (χ2v) is 5.66. The molecule has 1 aromatic carbocycles. The number of benzene rings is 1. The number of methoxy groups -OCH3 is 1. The standard InChI is InChI=1S/C13H18BrN5O/c1-8(4-5-20-3)19-13(16-17-18-19)11-6-10(14)7-12(15)9(11)2/h6-8H,4-5,15H2,1-3H3. The third kappa shape index (κ3) is 2.99. The lowest BCUT2D eigenvalue weighted by atomic mass is 10.1. The van der Waals surface area contributed by atoms with Crippen LogP contribution in [0.15, 0.2) is 16.6 Å². The summed E-state index contributed by atoms with van der Waals surface area (Å²) >= 11 is 3.46. The van der Waals surface area contributed by atoms with Gasteiger partial charge in [0.05, 0.1) is 6.04 Å². The van der Waals surface area contributed by atoms with Gasteiger partial charge in [-0.2, -0.15) is 0 Å². The molecule has 0 radical (unpaired) electrons. The topological polar surface area (TPSA) is 78.8 Å². The van der Waals surface area contributed by atoms with E-state index in [2.05, 4.69) is 38.4 Å². The van der Waals surface area contributed by atoms with E-state index in [9.17, 15) is 0 Å². The van der Waals surface area contributed by atoms with Crippen LogP contribution >= 0.6 is 15.9 Å². The van der Waals surface area contributed by atoms with Crippen LogP contribution in [0, 0.1) is 6.92 Å². The van der Waals surface area contributed by atoms with Crippen LogP contribution in [0.1, 0.15) is 24.9 Å². The van der Waals surface area contributed by atoms with Crippen molar-refractivity contribution in [3.05, 3.63) is 22.2 Å². The van der Waals surface area contributed by atoms with Crippen molar-refractivity contribution >= 4 is 21.6 Å². The van der Waals surface area contributed by atoms with Gasteiger partial charge in [-0.05, 0) is 48.4 Å². The first-order chi connectivity index (χ1) is 9.54. The Morgan fingerprint density at radius 1 is 1.45 bits per heavy atom. The molecule has 0 spiro atoms. The number of ether oxygens (including phenoxy) is 1. The fraction of sp³-hybridized carbons (Fsp3) is 0.462. The first kappa shape index (κ1) is 14.9. The van der Waals surface area contributed by atoms with Gasteiger partial charge >= 0.3 is 0 Å². The van der Waals surface area contributed by atoms with Crippen molar-refractivity contribution in [3.63, 3.8) is 0 Å². The van der Waals surface area contributed by atoms with Crippen LogP contribution in [0.5, 0.6) is 0 Å². The zero-order chi connectivity index (χ0) is 14.7.